The van der Waals surface area contributed by atoms with Crippen molar-refractivity contribution in [3.05, 3.63) is 47.0 Å². The molecule has 1 aromatic rings. The van der Waals surface area contributed by atoms with Crippen LogP contribution in [0.1, 0.15) is 39.7 Å². The van der Waals surface area contributed by atoms with Gasteiger partial charge in [0.1, 0.15) is 11.6 Å². The Morgan fingerprint density at radius 1 is 1.26 bits per heavy atom. The first-order chi connectivity index (χ1) is 8.78. The fourth-order valence-electron chi connectivity index (χ4n) is 1.80. The summed E-state index contributed by atoms with van der Waals surface area (Å²) in [6.07, 6.45) is 3.54. The second kappa shape index (κ2) is 6.80. The molecule has 0 radical (unpaired) electrons. The molecule has 0 unspecified atom stereocenters. The SMILES string of the molecule is CC(=CCCNC(C)(C)C)Cc1ccc(F)cc1F. The Morgan fingerprint density at radius 2 is 1.95 bits per heavy atom. The van der Waals surface area contributed by atoms with Crippen LogP contribution in [-0.2, 0) is 6.42 Å². The second-order valence-corrected chi connectivity index (χ2v) is 5.93. The molecule has 1 N–H and O–H groups in total. The molecule has 0 saturated carbocycles. The lowest BCUT2D eigenvalue weighted by Crippen LogP contribution is -2.36. The first-order valence-corrected chi connectivity index (χ1v) is 6.62. The summed E-state index contributed by atoms with van der Waals surface area (Å²) in [6.45, 7) is 9.24. The molecule has 0 amide bonds. The van der Waals surface area contributed by atoms with Gasteiger partial charge >= 0.3 is 0 Å². The van der Waals surface area contributed by atoms with Gasteiger partial charge in [-0.1, -0.05) is 17.7 Å². The van der Waals surface area contributed by atoms with Gasteiger partial charge in [0, 0.05) is 11.6 Å². The van der Waals surface area contributed by atoms with E-state index in [0.717, 1.165) is 24.6 Å². The monoisotopic (exact) mass is 267 g/mol. The summed E-state index contributed by atoms with van der Waals surface area (Å²) < 4.78 is 26.3. The van der Waals surface area contributed by atoms with Crippen molar-refractivity contribution in [2.45, 2.75) is 46.1 Å². The quantitative estimate of drug-likeness (QED) is 0.622. The Hall–Kier alpha value is -1.22. The Balaban J connectivity index is 2.48. The smallest absolute Gasteiger partial charge is 0.129 e. The molecule has 3 heteroatoms. The van der Waals surface area contributed by atoms with Crippen molar-refractivity contribution in [1.29, 1.82) is 0 Å². The normalized spacial score (nSPS) is 12.8. The molecule has 0 aromatic heterocycles. The van der Waals surface area contributed by atoms with Crippen LogP contribution in [0.3, 0.4) is 0 Å². The maximum atomic E-state index is 13.5. The lowest BCUT2D eigenvalue weighted by molar-refractivity contribution is 0.431. The minimum absolute atomic E-state index is 0.116. The Bertz CT molecular complexity index is 445. The Morgan fingerprint density at radius 3 is 2.53 bits per heavy atom. The largest absolute Gasteiger partial charge is 0.312 e. The van der Waals surface area contributed by atoms with E-state index >= 15 is 0 Å². The van der Waals surface area contributed by atoms with E-state index in [9.17, 15) is 8.78 Å². The van der Waals surface area contributed by atoms with Gasteiger partial charge in [0.15, 0.2) is 0 Å². The van der Waals surface area contributed by atoms with Gasteiger partial charge < -0.3 is 5.32 Å². The second-order valence-electron chi connectivity index (χ2n) is 5.93. The summed E-state index contributed by atoms with van der Waals surface area (Å²) >= 11 is 0. The van der Waals surface area contributed by atoms with Gasteiger partial charge in [0.25, 0.3) is 0 Å². The van der Waals surface area contributed by atoms with Gasteiger partial charge in [0.05, 0.1) is 0 Å². The summed E-state index contributed by atoms with van der Waals surface area (Å²) in [4.78, 5) is 0. The molecule has 0 aliphatic carbocycles. The van der Waals surface area contributed by atoms with Crippen molar-refractivity contribution >= 4 is 0 Å². The van der Waals surface area contributed by atoms with E-state index in [0.29, 0.717) is 12.0 Å². The number of allylic oxidation sites excluding steroid dienone is 1. The van der Waals surface area contributed by atoms with E-state index in [1.807, 2.05) is 6.92 Å². The van der Waals surface area contributed by atoms with Crippen molar-refractivity contribution < 1.29 is 8.78 Å². The molecule has 0 atom stereocenters. The lowest BCUT2D eigenvalue weighted by Gasteiger charge is -2.19. The standard InChI is InChI=1S/C16H23F2N/c1-12(6-5-9-19-16(2,3)4)10-13-7-8-14(17)11-15(13)18/h6-8,11,19H,5,9-10H2,1-4H3. The fraction of sp³-hybridized carbons (Fsp3) is 0.500. The average Bonchev–Trinajstić information content (AvgIpc) is 2.27. The summed E-state index contributed by atoms with van der Waals surface area (Å²) in [5, 5.41) is 3.39. The van der Waals surface area contributed by atoms with Crippen molar-refractivity contribution in [3.63, 3.8) is 0 Å². The van der Waals surface area contributed by atoms with Crippen LogP contribution >= 0.6 is 0 Å². The predicted octanol–water partition coefficient (Wildman–Crippen LogP) is 4.23. The third-order valence-corrected chi connectivity index (χ3v) is 2.78. The molecule has 0 bridgehead atoms. The van der Waals surface area contributed by atoms with Gasteiger partial charge in [-0.05, 0) is 58.7 Å². The topological polar surface area (TPSA) is 12.0 Å². The third-order valence-electron chi connectivity index (χ3n) is 2.78. The van der Waals surface area contributed by atoms with Crippen LogP contribution in [0.2, 0.25) is 0 Å². The maximum absolute atomic E-state index is 13.5. The van der Waals surface area contributed by atoms with Crippen LogP contribution in [-0.4, -0.2) is 12.1 Å². The predicted molar refractivity (Wildman–Crippen MR) is 76.2 cm³/mol. The molecule has 1 rings (SSSR count). The van der Waals surface area contributed by atoms with Gasteiger partial charge in [0.2, 0.25) is 0 Å². The van der Waals surface area contributed by atoms with Crippen LogP contribution in [0.5, 0.6) is 0 Å². The van der Waals surface area contributed by atoms with E-state index in [1.165, 1.54) is 12.1 Å². The summed E-state index contributed by atoms with van der Waals surface area (Å²) in [7, 11) is 0. The van der Waals surface area contributed by atoms with Crippen LogP contribution in [0.25, 0.3) is 0 Å². The van der Waals surface area contributed by atoms with E-state index < -0.39 is 11.6 Å². The molecule has 1 aromatic carbocycles. The van der Waals surface area contributed by atoms with Gasteiger partial charge in [-0.3, -0.25) is 0 Å². The Kier molecular flexibility index (Phi) is 5.67. The zero-order chi connectivity index (χ0) is 14.5. The van der Waals surface area contributed by atoms with Crippen LogP contribution in [0.4, 0.5) is 8.78 Å². The molecule has 0 fully saturated rings. The number of hydrogen-bond acceptors (Lipinski definition) is 1. The van der Waals surface area contributed by atoms with Crippen molar-refractivity contribution in [2.75, 3.05) is 6.54 Å². The van der Waals surface area contributed by atoms with Gasteiger partial charge in [-0.15, -0.1) is 0 Å². The van der Waals surface area contributed by atoms with Gasteiger partial charge in [-0.2, -0.15) is 0 Å². The zero-order valence-corrected chi connectivity index (χ0v) is 12.2. The van der Waals surface area contributed by atoms with E-state index in [-0.39, 0.29) is 5.54 Å². The fourth-order valence-corrected chi connectivity index (χ4v) is 1.80. The molecule has 0 aliphatic heterocycles. The highest BCUT2D eigenvalue weighted by molar-refractivity contribution is 5.23. The minimum atomic E-state index is -0.530. The van der Waals surface area contributed by atoms with Crippen molar-refractivity contribution in [1.82, 2.24) is 5.32 Å². The van der Waals surface area contributed by atoms with E-state index in [2.05, 4.69) is 32.2 Å². The highest BCUT2D eigenvalue weighted by Gasteiger charge is 2.07. The summed E-state index contributed by atoms with van der Waals surface area (Å²) in [5.74, 6) is -1.00. The number of nitrogens with one attached hydrogen (secondary N) is 1. The number of benzene rings is 1. The molecular formula is C16H23F2N. The molecule has 106 valence electrons. The van der Waals surface area contributed by atoms with E-state index in [4.69, 9.17) is 0 Å². The highest BCUT2D eigenvalue weighted by atomic mass is 19.1. The maximum Gasteiger partial charge on any atom is 0.129 e. The van der Waals surface area contributed by atoms with Crippen LogP contribution in [0, 0.1) is 11.6 Å². The molecule has 0 saturated heterocycles. The Labute approximate surface area is 114 Å². The molecule has 0 aliphatic rings. The first-order valence-electron chi connectivity index (χ1n) is 6.62. The molecule has 1 nitrogen and oxygen atoms in total. The molecule has 0 spiro atoms. The first kappa shape index (κ1) is 15.8. The van der Waals surface area contributed by atoms with Gasteiger partial charge in [-0.25, -0.2) is 8.78 Å². The zero-order valence-electron chi connectivity index (χ0n) is 12.2. The average molecular weight is 267 g/mol. The third kappa shape index (κ3) is 6.48. The van der Waals surface area contributed by atoms with Crippen LogP contribution < -0.4 is 5.32 Å². The van der Waals surface area contributed by atoms with Crippen LogP contribution in [0.15, 0.2) is 29.8 Å². The van der Waals surface area contributed by atoms with E-state index in [1.54, 1.807) is 0 Å². The number of hydrogen-bond donors (Lipinski definition) is 1. The molecule has 19 heavy (non-hydrogen) atoms. The summed E-state index contributed by atoms with van der Waals surface area (Å²) in [5.41, 5.74) is 1.75. The molecule has 0 heterocycles. The van der Waals surface area contributed by atoms with Crippen molar-refractivity contribution in [3.8, 4) is 0 Å². The number of rotatable bonds is 5. The minimum Gasteiger partial charge on any atom is -0.312 e. The molecular weight excluding hydrogens is 244 g/mol. The van der Waals surface area contributed by atoms with Crippen molar-refractivity contribution in [2.24, 2.45) is 0 Å². The summed E-state index contributed by atoms with van der Waals surface area (Å²) in [6, 6.07) is 3.74. The number of halogens is 2. The highest BCUT2D eigenvalue weighted by Crippen LogP contribution is 2.14. The lowest BCUT2D eigenvalue weighted by atomic mass is 10.0.